The second-order valence-corrected chi connectivity index (χ2v) is 5.64. The van der Waals surface area contributed by atoms with E-state index in [0.29, 0.717) is 10.6 Å². The highest BCUT2D eigenvalue weighted by atomic mass is 79.9. The second kappa shape index (κ2) is 6.16. The van der Waals surface area contributed by atoms with Crippen molar-refractivity contribution in [3.63, 3.8) is 0 Å². The minimum Gasteiger partial charge on any atom is -0.478 e. The minimum absolute atomic E-state index is 0.0765. The Morgan fingerprint density at radius 2 is 2.16 bits per heavy atom. The summed E-state index contributed by atoms with van der Waals surface area (Å²) in [5.41, 5.74) is 0.876. The fourth-order valence-corrected chi connectivity index (χ4v) is 2.52. The van der Waals surface area contributed by atoms with Gasteiger partial charge in [-0.3, -0.25) is 4.98 Å². The summed E-state index contributed by atoms with van der Waals surface area (Å²) in [4.78, 5) is 15.3. The highest BCUT2D eigenvalue weighted by Gasteiger charge is 2.09. The van der Waals surface area contributed by atoms with Gasteiger partial charge in [0.25, 0.3) is 0 Å². The van der Waals surface area contributed by atoms with Crippen LogP contribution in [0.4, 0.5) is 4.39 Å². The second-order valence-electron chi connectivity index (χ2n) is 3.71. The van der Waals surface area contributed by atoms with Crippen molar-refractivity contribution >= 4 is 33.7 Å². The van der Waals surface area contributed by atoms with E-state index in [1.54, 1.807) is 6.20 Å². The Labute approximate surface area is 122 Å². The van der Waals surface area contributed by atoms with Gasteiger partial charge in [-0.15, -0.1) is 11.8 Å². The highest BCUT2D eigenvalue weighted by molar-refractivity contribution is 9.10. The molecule has 1 aromatic carbocycles. The number of hydrogen-bond donors (Lipinski definition) is 1. The van der Waals surface area contributed by atoms with Crippen molar-refractivity contribution in [1.82, 2.24) is 4.98 Å². The maximum atomic E-state index is 13.6. The monoisotopic (exact) mass is 341 g/mol. The molecule has 0 saturated heterocycles. The molecule has 0 aliphatic rings. The van der Waals surface area contributed by atoms with Gasteiger partial charge in [-0.05, 0) is 46.3 Å². The van der Waals surface area contributed by atoms with Crippen molar-refractivity contribution in [2.24, 2.45) is 0 Å². The maximum Gasteiger partial charge on any atom is 0.335 e. The first kappa shape index (κ1) is 14.0. The summed E-state index contributed by atoms with van der Waals surface area (Å²) in [6, 6.07) is 7.44. The zero-order valence-corrected chi connectivity index (χ0v) is 12.0. The standard InChI is InChI=1S/C13H9BrFNO2S/c14-9-2-3-10(16-6-9)7-19-12-5-8(13(17)18)1-4-11(12)15/h1-6H,7H2,(H,17,18). The Bertz CT molecular complexity index is 604. The average molecular weight is 342 g/mol. The summed E-state index contributed by atoms with van der Waals surface area (Å²) >= 11 is 4.51. The predicted octanol–water partition coefficient (Wildman–Crippen LogP) is 3.97. The van der Waals surface area contributed by atoms with Crippen molar-refractivity contribution < 1.29 is 14.3 Å². The Morgan fingerprint density at radius 3 is 2.79 bits per heavy atom. The number of rotatable bonds is 4. The van der Waals surface area contributed by atoms with Crippen molar-refractivity contribution in [2.75, 3.05) is 0 Å². The van der Waals surface area contributed by atoms with E-state index in [-0.39, 0.29) is 5.56 Å². The SMILES string of the molecule is O=C(O)c1ccc(F)c(SCc2ccc(Br)cn2)c1. The number of aromatic carboxylic acids is 1. The normalized spacial score (nSPS) is 10.4. The number of aromatic nitrogens is 1. The van der Waals surface area contributed by atoms with Gasteiger partial charge in [0.1, 0.15) is 5.82 Å². The Kier molecular flexibility index (Phi) is 4.55. The van der Waals surface area contributed by atoms with Crippen molar-refractivity contribution in [3.8, 4) is 0 Å². The fraction of sp³-hybridized carbons (Fsp3) is 0.0769. The van der Waals surface area contributed by atoms with Gasteiger partial charge in [0.15, 0.2) is 0 Å². The third kappa shape index (κ3) is 3.78. The molecule has 0 bridgehead atoms. The first-order valence-electron chi connectivity index (χ1n) is 5.32. The molecule has 0 atom stereocenters. The molecule has 0 unspecified atom stereocenters. The number of nitrogens with zero attached hydrogens (tertiary/aromatic N) is 1. The number of thioether (sulfide) groups is 1. The first-order valence-corrected chi connectivity index (χ1v) is 7.10. The lowest BCUT2D eigenvalue weighted by molar-refractivity contribution is 0.0696. The first-order chi connectivity index (χ1) is 9.06. The lowest BCUT2D eigenvalue weighted by Crippen LogP contribution is -1.97. The average Bonchev–Trinajstić information content (AvgIpc) is 2.39. The molecule has 98 valence electrons. The van der Waals surface area contributed by atoms with Crippen LogP contribution >= 0.6 is 27.7 Å². The molecule has 2 rings (SSSR count). The molecular weight excluding hydrogens is 333 g/mol. The summed E-state index contributed by atoms with van der Waals surface area (Å²) < 4.78 is 14.4. The van der Waals surface area contributed by atoms with Crippen molar-refractivity contribution in [2.45, 2.75) is 10.6 Å². The van der Waals surface area contributed by atoms with Gasteiger partial charge in [0.2, 0.25) is 0 Å². The van der Waals surface area contributed by atoms with Crippen molar-refractivity contribution in [3.05, 3.63) is 58.1 Å². The molecule has 0 aliphatic heterocycles. The van der Waals surface area contributed by atoms with Crippen LogP contribution in [0.25, 0.3) is 0 Å². The summed E-state index contributed by atoms with van der Waals surface area (Å²) in [6.07, 6.45) is 1.67. The summed E-state index contributed by atoms with van der Waals surface area (Å²) in [6.45, 7) is 0. The third-order valence-electron chi connectivity index (χ3n) is 2.34. The lowest BCUT2D eigenvalue weighted by Gasteiger charge is -2.04. The molecule has 0 radical (unpaired) electrons. The molecular formula is C13H9BrFNO2S. The molecule has 19 heavy (non-hydrogen) atoms. The topological polar surface area (TPSA) is 50.2 Å². The molecule has 1 N–H and O–H groups in total. The van der Waals surface area contributed by atoms with E-state index in [1.165, 1.54) is 30.0 Å². The van der Waals surface area contributed by atoms with E-state index in [1.807, 2.05) is 12.1 Å². The number of carboxylic acid groups (broad SMARTS) is 1. The predicted molar refractivity (Wildman–Crippen MR) is 74.9 cm³/mol. The van der Waals surface area contributed by atoms with E-state index >= 15 is 0 Å². The third-order valence-corrected chi connectivity index (χ3v) is 3.88. The van der Waals surface area contributed by atoms with Crippen LogP contribution < -0.4 is 0 Å². The maximum absolute atomic E-state index is 13.6. The molecule has 0 amide bonds. The van der Waals surface area contributed by atoms with E-state index < -0.39 is 11.8 Å². The number of hydrogen-bond acceptors (Lipinski definition) is 3. The number of halogens is 2. The molecule has 6 heteroatoms. The van der Waals surface area contributed by atoms with Gasteiger partial charge in [-0.1, -0.05) is 0 Å². The van der Waals surface area contributed by atoms with Crippen LogP contribution in [0.3, 0.4) is 0 Å². The van der Waals surface area contributed by atoms with Crippen LogP contribution in [0, 0.1) is 5.82 Å². The lowest BCUT2D eigenvalue weighted by atomic mass is 10.2. The zero-order chi connectivity index (χ0) is 13.8. The van der Waals surface area contributed by atoms with Crippen LogP contribution in [0.5, 0.6) is 0 Å². The van der Waals surface area contributed by atoms with Gasteiger partial charge in [-0.2, -0.15) is 0 Å². The highest BCUT2D eigenvalue weighted by Crippen LogP contribution is 2.26. The van der Waals surface area contributed by atoms with E-state index in [9.17, 15) is 9.18 Å². The van der Waals surface area contributed by atoms with Crippen molar-refractivity contribution in [1.29, 1.82) is 0 Å². The summed E-state index contributed by atoms with van der Waals surface area (Å²) in [5.74, 6) is -1.01. The number of carbonyl (C=O) groups is 1. The van der Waals surface area contributed by atoms with E-state index in [4.69, 9.17) is 5.11 Å². The molecule has 3 nitrogen and oxygen atoms in total. The quantitative estimate of drug-likeness (QED) is 0.854. The summed E-state index contributed by atoms with van der Waals surface area (Å²) in [7, 11) is 0. The largest absolute Gasteiger partial charge is 0.478 e. The Balaban J connectivity index is 2.12. The molecule has 1 aromatic heterocycles. The Morgan fingerprint density at radius 1 is 1.37 bits per heavy atom. The minimum atomic E-state index is -1.07. The van der Waals surface area contributed by atoms with Crippen LogP contribution in [0.15, 0.2) is 45.9 Å². The number of pyridine rings is 1. The molecule has 2 aromatic rings. The van der Waals surface area contributed by atoms with Crippen LogP contribution in [-0.4, -0.2) is 16.1 Å². The zero-order valence-electron chi connectivity index (χ0n) is 9.64. The fourth-order valence-electron chi connectivity index (χ4n) is 1.39. The smallest absolute Gasteiger partial charge is 0.335 e. The van der Waals surface area contributed by atoms with E-state index in [2.05, 4.69) is 20.9 Å². The van der Waals surface area contributed by atoms with Crippen LogP contribution in [0.2, 0.25) is 0 Å². The number of benzene rings is 1. The number of carboxylic acids is 1. The molecule has 0 spiro atoms. The summed E-state index contributed by atoms with van der Waals surface area (Å²) in [5, 5.41) is 8.87. The van der Waals surface area contributed by atoms with Crippen LogP contribution in [0.1, 0.15) is 16.1 Å². The van der Waals surface area contributed by atoms with Gasteiger partial charge in [-0.25, -0.2) is 9.18 Å². The van der Waals surface area contributed by atoms with E-state index in [0.717, 1.165) is 10.2 Å². The molecule has 1 heterocycles. The molecule has 0 fully saturated rings. The molecule has 0 saturated carbocycles. The van der Waals surface area contributed by atoms with Crippen LogP contribution in [-0.2, 0) is 5.75 Å². The van der Waals surface area contributed by atoms with Gasteiger partial charge in [0.05, 0.1) is 11.3 Å². The van der Waals surface area contributed by atoms with Gasteiger partial charge >= 0.3 is 5.97 Å². The Hall–Kier alpha value is -1.40. The van der Waals surface area contributed by atoms with Gasteiger partial charge < -0.3 is 5.11 Å². The molecule has 0 aliphatic carbocycles. The van der Waals surface area contributed by atoms with Gasteiger partial charge in [0, 0.05) is 21.3 Å².